The number of rotatable bonds is 5. The van der Waals surface area contributed by atoms with Gasteiger partial charge in [-0.15, -0.1) is 0 Å². The molecule has 0 aliphatic carbocycles. The molecular weight excluding hydrogens is 282 g/mol. The van der Waals surface area contributed by atoms with Gasteiger partial charge in [0.25, 0.3) is 0 Å². The lowest BCUT2D eigenvalue weighted by molar-refractivity contribution is 0.445. The number of nitrogens with zero attached hydrogens (tertiary/aromatic N) is 2. The van der Waals surface area contributed by atoms with Gasteiger partial charge in [-0.2, -0.15) is 5.10 Å². The molecule has 3 N–H and O–H groups in total. The predicted octanol–water partition coefficient (Wildman–Crippen LogP) is 0.793. The van der Waals surface area contributed by atoms with Crippen LogP contribution in [0.5, 0.6) is 11.5 Å². The maximum atomic E-state index is 12.0. The SMILES string of the molecule is CCn1cc(S(=O)(=O)NCc2ccc(O)cc2O)cn1. The number of benzene rings is 1. The number of sulfonamides is 1. The predicted molar refractivity (Wildman–Crippen MR) is 71.7 cm³/mol. The van der Waals surface area contributed by atoms with E-state index in [0.29, 0.717) is 12.1 Å². The van der Waals surface area contributed by atoms with Gasteiger partial charge in [0.05, 0.1) is 6.20 Å². The van der Waals surface area contributed by atoms with Crippen molar-refractivity contribution in [2.45, 2.75) is 24.9 Å². The van der Waals surface area contributed by atoms with Crippen LogP contribution in [-0.4, -0.2) is 28.4 Å². The monoisotopic (exact) mass is 297 g/mol. The fourth-order valence-electron chi connectivity index (χ4n) is 1.61. The molecule has 0 spiro atoms. The van der Waals surface area contributed by atoms with Gasteiger partial charge in [0.1, 0.15) is 16.4 Å². The van der Waals surface area contributed by atoms with Crippen LogP contribution in [0.1, 0.15) is 12.5 Å². The minimum atomic E-state index is -3.68. The zero-order chi connectivity index (χ0) is 14.8. The molecular formula is C12H15N3O4S. The number of aryl methyl sites for hydroxylation is 1. The molecule has 0 bridgehead atoms. The molecule has 7 nitrogen and oxygen atoms in total. The van der Waals surface area contributed by atoms with Gasteiger partial charge in [-0.05, 0) is 13.0 Å². The van der Waals surface area contributed by atoms with Crippen LogP contribution in [0.4, 0.5) is 0 Å². The smallest absolute Gasteiger partial charge is 0.243 e. The highest BCUT2D eigenvalue weighted by atomic mass is 32.2. The third-order valence-electron chi connectivity index (χ3n) is 2.77. The first-order chi connectivity index (χ1) is 9.42. The lowest BCUT2D eigenvalue weighted by atomic mass is 10.2. The Morgan fingerprint density at radius 3 is 2.70 bits per heavy atom. The minimum Gasteiger partial charge on any atom is -0.508 e. The summed E-state index contributed by atoms with van der Waals surface area (Å²) >= 11 is 0. The van der Waals surface area contributed by atoms with Crippen LogP contribution in [0, 0.1) is 0 Å². The Balaban J connectivity index is 2.13. The Bertz CT molecular complexity index is 709. The van der Waals surface area contributed by atoms with Crippen LogP contribution < -0.4 is 4.72 Å². The van der Waals surface area contributed by atoms with E-state index in [9.17, 15) is 13.5 Å². The second-order valence-electron chi connectivity index (χ2n) is 4.17. The average Bonchev–Trinajstić information content (AvgIpc) is 2.87. The molecule has 0 saturated heterocycles. The van der Waals surface area contributed by atoms with Crippen LogP contribution in [-0.2, 0) is 23.1 Å². The molecule has 0 atom stereocenters. The molecule has 1 aromatic heterocycles. The average molecular weight is 297 g/mol. The standard InChI is InChI=1S/C12H15N3O4S/c1-2-15-8-11(7-13-15)20(18,19)14-6-9-3-4-10(16)5-12(9)17/h3-5,7-8,14,16-17H,2,6H2,1H3. The largest absolute Gasteiger partial charge is 0.508 e. The quantitative estimate of drug-likeness (QED) is 0.757. The van der Waals surface area contributed by atoms with Crippen molar-refractivity contribution in [2.75, 3.05) is 0 Å². The van der Waals surface area contributed by atoms with Crippen molar-refractivity contribution in [3.63, 3.8) is 0 Å². The first kappa shape index (κ1) is 14.4. The van der Waals surface area contributed by atoms with E-state index in [2.05, 4.69) is 9.82 Å². The van der Waals surface area contributed by atoms with Crippen molar-refractivity contribution >= 4 is 10.0 Å². The fourth-order valence-corrected chi connectivity index (χ4v) is 2.57. The first-order valence-electron chi connectivity index (χ1n) is 5.95. The molecule has 0 saturated carbocycles. The highest BCUT2D eigenvalue weighted by Crippen LogP contribution is 2.22. The highest BCUT2D eigenvalue weighted by Gasteiger charge is 2.16. The highest BCUT2D eigenvalue weighted by molar-refractivity contribution is 7.89. The lowest BCUT2D eigenvalue weighted by Gasteiger charge is -2.07. The van der Waals surface area contributed by atoms with Gasteiger partial charge in [0.2, 0.25) is 10.0 Å². The molecule has 2 rings (SSSR count). The Hall–Kier alpha value is -2.06. The summed E-state index contributed by atoms with van der Waals surface area (Å²) in [6.45, 7) is 2.35. The molecule has 108 valence electrons. The van der Waals surface area contributed by atoms with Crippen LogP contribution in [0.2, 0.25) is 0 Å². The normalized spacial score (nSPS) is 11.7. The van der Waals surface area contributed by atoms with Gasteiger partial charge in [-0.1, -0.05) is 6.07 Å². The van der Waals surface area contributed by atoms with Crippen LogP contribution in [0.3, 0.4) is 0 Å². The second kappa shape index (κ2) is 5.51. The summed E-state index contributed by atoms with van der Waals surface area (Å²) in [5, 5.41) is 22.7. The van der Waals surface area contributed by atoms with E-state index in [1.54, 1.807) is 0 Å². The third kappa shape index (κ3) is 3.09. The Morgan fingerprint density at radius 2 is 2.10 bits per heavy atom. The number of phenolic OH excluding ortho intramolecular Hbond substituents is 2. The summed E-state index contributed by atoms with van der Waals surface area (Å²) in [6, 6.07) is 3.97. The molecule has 0 radical (unpaired) electrons. The van der Waals surface area contributed by atoms with Gasteiger partial charge < -0.3 is 10.2 Å². The van der Waals surface area contributed by atoms with Crippen molar-refractivity contribution in [3.05, 3.63) is 36.2 Å². The summed E-state index contributed by atoms with van der Waals surface area (Å²) in [7, 11) is -3.68. The Kier molecular flexibility index (Phi) is 3.96. The topological polar surface area (TPSA) is 104 Å². The molecule has 2 aromatic rings. The van der Waals surface area contributed by atoms with Gasteiger partial charge in [-0.25, -0.2) is 13.1 Å². The second-order valence-corrected chi connectivity index (χ2v) is 5.94. The maximum absolute atomic E-state index is 12.0. The van der Waals surface area contributed by atoms with Crippen LogP contribution in [0.25, 0.3) is 0 Å². The third-order valence-corrected chi connectivity index (χ3v) is 4.12. The summed E-state index contributed by atoms with van der Waals surface area (Å²) < 4.78 is 27.9. The van der Waals surface area contributed by atoms with Crippen molar-refractivity contribution in [2.24, 2.45) is 0 Å². The van der Waals surface area contributed by atoms with Crippen LogP contribution in [0.15, 0.2) is 35.5 Å². The van der Waals surface area contributed by atoms with Gasteiger partial charge in [0.15, 0.2) is 0 Å². The molecule has 0 amide bonds. The zero-order valence-electron chi connectivity index (χ0n) is 10.8. The maximum Gasteiger partial charge on any atom is 0.243 e. The van der Waals surface area contributed by atoms with Gasteiger partial charge >= 0.3 is 0 Å². The first-order valence-corrected chi connectivity index (χ1v) is 7.43. The zero-order valence-corrected chi connectivity index (χ0v) is 11.6. The molecule has 8 heteroatoms. The van der Waals surface area contributed by atoms with E-state index in [1.807, 2.05) is 6.92 Å². The number of hydrogen-bond donors (Lipinski definition) is 3. The number of nitrogens with one attached hydrogen (secondary N) is 1. The van der Waals surface area contributed by atoms with Gasteiger partial charge in [0, 0.05) is 30.9 Å². The molecule has 20 heavy (non-hydrogen) atoms. The van der Waals surface area contributed by atoms with E-state index in [0.717, 1.165) is 6.07 Å². The van der Waals surface area contributed by atoms with E-state index < -0.39 is 10.0 Å². The fraction of sp³-hybridized carbons (Fsp3) is 0.250. The number of phenols is 2. The van der Waals surface area contributed by atoms with Crippen molar-refractivity contribution in [1.82, 2.24) is 14.5 Å². The van der Waals surface area contributed by atoms with Crippen LogP contribution >= 0.6 is 0 Å². The van der Waals surface area contributed by atoms with Gasteiger partial charge in [-0.3, -0.25) is 4.68 Å². The summed E-state index contributed by atoms with van der Waals surface area (Å²) in [4.78, 5) is 0.0672. The molecule has 0 unspecified atom stereocenters. The summed E-state index contributed by atoms with van der Waals surface area (Å²) in [5.74, 6) is -0.254. The van der Waals surface area contributed by atoms with E-state index in [1.165, 1.54) is 29.2 Å². The molecule has 1 aromatic carbocycles. The summed E-state index contributed by atoms with van der Waals surface area (Å²) in [5.41, 5.74) is 0.370. The molecule has 1 heterocycles. The Labute approximate surface area is 116 Å². The summed E-state index contributed by atoms with van der Waals surface area (Å²) in [6.07, 6.45) is 2.70. The molecule has 0 aliphatic heterocycles. The van der Waals surface area contributed by atoms with Crippen molar-refractivity contribution < 1.29 is 18.6 Å². The Morgan fingerprint density at radius 1 is 1.35 bits per heavy atom. The van der Waals surface area contributed by atoms with E-state index in [4.69, 9.17) is 5.11 Å². The van der Waals surface area contributed by atoms with E-state index >= 15 is 0 Å². The van der Waals surface area contributed by atoms with Crippen molar-refractivity contribution in [3.8, 4) is 11.5 Å². The van der Waals surface area contributed by atoms with Crippen molar-refractivity contribution in [1.29, 1.82) is 0 Å². The molecule has 0 fully saturated rings. The number of aromatic nitrogens is 2. The number of hydrogen-bond acceptors (Lipinski definition) is 5. The molecule has 0 aliphatic rings. The number of aromatic hydroxyl groups is 2. The minimum absolute atomic E-state index is 0.0672. The lowest BCUT2D eigenvalue weighted by Crippen LogP contribution is -2.22. The van der Waals surface area contributed by atoms with E-state index in [-0.39, 0.29) is 22.9 Å².